The van der Waals surface area contributed by atoms with E-state index in [1.807, 2.05) is 37.2 Å². The van der Waals surface area contributed by atoms with E-state index in [2.05, 4.69) is 29.4 Å². The molecule has 0 aliphatic rings. The van der Waals surface area contributed by atoms with E-state index in [1.165, 1.54) is 0 Å². The lowest BCUT2D eigenvalue weighted by Crippen LogP contribution is -2.37. The van der Waals surface area contributed by atoms with Gasteiger partial charge in [0.2, 0.25) is 0 Å². The van der Waals surface area contributed by atoms with Gasteiger partial charge in [0.15, 0.2) is 0 Å². The molecule has 128 valence electrons. The van der Waals surface area contributed by atoms with Crippen LogP contribution >= 0.6 is 0 Å². The van der Waals surface area contributed by atoms with E-state index >= 15 is 0 Å². The standard InChI is InChI=1S/C17H28N4O2/c1-5-21(6-2)12-8-11-18-16(22)17(23)19-14-9-7-10-15(13-14)20(3)4/h7,9-10,13H,5-6,8,11-12H2,1-4H3,(H,18,22)(H,19,23). The monoisotopic (exact) mass is 320 g/mol. The maximum atomic E-state index is 11.9. The van der Waals surface area contributed by atoms with E-state index in [0.29, 0.717) is 12.2 Å². The van der Waals surface area contributed by atoms with Crippen LogP contribution in [0.3, 0.4) is 0 Å². The molecule has 6 heteroatoms. The molecule has 0 atom stereocenters. The van der Waals surface area contributed by atoms with Gasteiger partial charge in [-0.15, -0.1) is 0 Å². The van der Waals surface area contributed by atoms with Crippen LogP contribution in [0.4, 0.5) is 11.4 Å². The highest BCUT2D eigenvalue weighted by Gasteiger charge is 2.13. The minimum atomic E-state index is -0.635. The Balaban J connectivity index is 2.39. The van der Waals surface area contributed by atoms with Crippen molar-refractivity contribution in [1.29, 1.82) is 0 Å². The first-order valence-corrected chi connectivity index (χ1v) is 8.06. The van der Waals surface area contributed by atoms with Crippen molar-refractivity contribution >= 4 is 23.2 Å². The minimum Gasteiger partial charge on any atom is -0.378 e. The predicted molar refractivity (Wildman–Crippen MR) is 94.8 cm³/mol. The Bertz CT molecular complexity index is 513. The Kier molecular flexibility index (Phi) is 8.11. The van der Waals surface area contributed by atoms with E-state index in [4.69, 9.17) is 0 Å². The quantitative estimate of drug-likeness (QED) is 0.563. The van der Waals surface area contributed by atoms with Crippen molar-refractivity contribution in [3.8, 4) is 0 Å². The van der Waals surface area contributed by atoms with Crippen LogP contribution in [-0.2, 0) is 9.59 Å². The molecule has 0 fully saturated rings. The van der Waals surface area contributed by atoms with Crippen LogP contribution in [0, 0.1) is 0 Å². The summed E-state index contributed by atoms with van der Waals surface area (Å²) >= 11 is 0. The molecule has 0 spiro atoms. The number of anilines is 2. The molecule has 0 unspecified atom stereocenters. The second-order valence-corrected chi connectivity index (χ2v) is 5.54. The molecule has 0 bridgehead atoms. The van der Waals surface area contributed by atoms with Gasteiger partial charge in [-0.3, -0.25) is 9.59 Å². The Hall–Kier alpha value is -2.08. The molecule has 0 heterocycles. The summed E-state index contributed by atoms with van der Waals surface area (Å²) in [6.45, 7) is 7.62. The number of nitrogens with zero attached hydrogens (tertiary/aromatic N) is 2. The lowest BCUT2D eigenvalue weighted by atomic mass is 10.2. The molecule has 0 saturated heterocycles. The van der Waals surface area contributed by atoms with Gasteiger partial charge in [0.05, 0.1) is 0 Å². The molecular formula is C17H28N4O2. The van der Waals surface area contributed by atoms with Crippen molar-refractivity contribution in [1.82, 2.24) is 10.2 Å². The fourth-order valence-corrected chi connectivity index (χ4v) is 2.17. The molecule has 1 aromatic carbocycles. The maximum absolute atomic E-state index is 11.9. The topological polar surface area (TPSA) is 64.7 Å². The average molecular weight is 320 g/mol. The van der Waals surface area contributed by atoms with Gasteiger partial charge >= 0.3 is 11.8 Å². The van der Waals surface area contributed by atoms with Crippen molar-refractivity contribution in [3.05, 3.63) is 24.3 Å². The highest BCUT2D eigenvalue weighted by molar-refractivity contribution is 6.39. The number of hydrogen-bond donors (Lipinski definition) is 2. The second-order valence-electron chi connectivity index (χ2n) is 5.54. The molecule has 23 heavy (non-hydrogen) atoms. The van der Waals surface area contributed by atoms with Gasteiger partial charge in [-0.25, -0.2) is 0 Å². The van der Waals surface area contributed by atoms with Crippen molar-refractivity contribution in [3.63, 3.8) is 0 Å². The van der Waals surface area contributed by atoms with Crippen LogP contribution in [0.25, 0.3) is 0 Å². The third kappa shape index (κ3) is 6.69. The first-order valence-electron chi connectivity index (χ1n) is 8.06. The Morgan fingerprint density at radius 2 is 1.78 bits per heavy atom. The van der Waals surface area contributed by atoms with Crippen LogP contribution in [-0.4, -0.2) is 57.0 Å². The third-order valence-electron chi connectivity index (χ3n) is 3.66. The molecule has 2 amide bonds. The summed E-state index contributed by atoms with van der Waals surface area (Å²) in [6.07, 6.45) is 0.830. The number of carbonyl (C=O) groups is 2. The molecular weight excluding hydrogens is 292 g/mol. The van der Waals surface area contributed by atoms with E-state index in [-0.39, 0.29) is 0 Å². The molecule has 1 rings (SSSR count). The molecule has 2 N–H and O–H groups in total. The van der Waals surface area contributed by atoms with Crippen LogP contribution in [0.2, 0.25) is 0 Å². The molecule has 0 aliphatic carbocycles. The zero-order chi connectivity index (χ0) is 17.2. The molecule has 0 saturated carbocycles. The van der Waals surface area contributed by atoms with E-state index in [1.54, 1.807) is 6.07 Å². The van der Waals surface area contributed by atoms with Crippen molar-refractivity contribution in [2.45, 2.75) is 20.3 Å². The number of nitrogens with one attached hydrogen (secondary N) is 2. The highest BCUT2D eigenvalue weighted by Crippen LogP contribution is 2.16. The molecule has 0 aliphatic heterocycles. The molecule has 6 nitrogen and oxygen atoms in total. The van der Waals surface area contributed by atoms with Crippen molar-refractivity contribution < 1.29 is 9.59 Å². The van der Waals surface area contributed by atoms with E-state index in [0.717, 1.165) is 31.7 Å². The fourth-order valence-electron chi connectivity index (χ4n) is 2.17. The Morgan fingerprint density at radius 3 is 2.39 bits per heavy atom. The zero-order valence-corrected chi connectivity index (χ0v) is 14.6. The third-order valence-corrected chi connectivity index (χ3v) is 3.66. The van der Waals surface area contributed by atoms with Crippen molar-refractivity contribution in [2.75, 3.05) is 50.5 Å². The lowest BCUT2D eigenvalue weighted by Gasteiger charge is -2.17. The summed E-state index contributed by atoms with van der Waals surface area (Å²) in [4.78, 5) is 27.9. The zero-order valence-electron chi connectivity index (χ0n) is 14.6. The molecule has 1 aromatic rings. The summed E-state index contributed by atoms with van der Waals surface area (Å²) in [7, 11) is 3.84. The molecule has 0 radical (unpaired) electrons. The summed E-state index contributed by atoms with van der Waals surface area (Å²) in [6, 6.07) is 7.36. The van der Waals surface area contributed by atoms with Crippen LogP contribution in [0.5, 0.6) is 0 Å². The SMILES string of the molecule is CCN(CC)CCCNC(=O)C(=O)Nc1cccc(N(C)C)c1. The number of rotatable bonds is 8. The number of hydrogen-bond acceptors (Lipinski definition) is 4. The minimum absolute atomic E-state index is 0.500. The fraction of sp³-hybridized carbons (Fsp3) is 0.529. The Labute approximate surface area is 138 Å². The smallest absolute Gasteiger partial charge is 0.313 e. The van der Waals surface area contributed by atoms with Gasteiger partial charge in [0, 0.05) is 32.0 Å². The van der Waals surface area contributed by atoms with Gasteiger partial charge in [-0.2, -0.15) is 0 Å². The largest absolute Gasteiger partial charge is 0.378 e. The number of benzene rings is 1. The van der Waals surface area contributed by atoms with Gasteiger partial charge in [-0.1, -0.05) is 19.9 Å². The second kappa shape index (κ2) is 9.84. The van der Waals surface area contributed by atoms with E-state index in [9.17, 15) is 9.59 Å². The summed E-state index contributed by atoms with van der Waals surface area (Å²) in [5.74, 6) is -1.23. The first kappa shape index (κ1) is 19.0. The number of carbonyl (C=O) groups excluding carboxylic acids is 2. The van der Waals surface area contributed by atoms with Crippen LogP contribution in [0.15, 0.2) is 24.3 Å². The normalized spacial score (nSPS) is 10.5. The number of amides is 2. The van der Waals surface area contributed by atoms with Gasteiger partial charge in [0.1, 0.15) is 0 Å². The summed E-state index contributed by atoms with van der Waals surface area (Å²) in [5, 5.41) is 5.28. The van der Waals surface area contributed by atoms with E-state index < -0.39 is 11.8 Å². The van der Waals surface area contributed by atoms with Gasteiger partial charge in [0.25, 0.3) is 0 Å². The molecule has 0 aromatic heterocycles. The van der Waals surface area contributed by atoms with Crippen LogP contribution < -0.4 is 15.5 Å². The average Bonchev–Trinajstić information content (AvgIpc) is 2.55. The highest BCUT2D eigenvalue weighted by atomic mass is 16.2. The summed E-state index contributed by atoms with van der Waals surface area (Å²) < 4.78 is 0. The lowest BCUT2D eigenvalue weighted by molar-refractivity contribution is -0.136. The van der Waals surface area contributed by atoms with Gasteiger partial charge < -0.3 is 20.4 Å². The van der Waals surface area contributed by atoms with Crippen LogP contribution in [0.1, 0.15) is 20.3 Å². The van der Waals surface area contributed by atoms with Gasteiger partial charge in [-0.05, 0) is 44.3 Å². The maximum Gasteiger partial charge on any atom is 0.313 e. The Morgan fingerprint density at radius 1 is 1.09 bits per heavy atom. The summed E-state index contributed by atoms with van der Waals surface area (Å²) in [5.41, 5.74) is 1.57. The van der Waals surface area contributed by atoms with Crippen molar-refractivity contribution in [2.24, 2.45) is 0 Å². The first-order chi connectivity index (χ1) is 11.0. The predicted octanol–water partition coefficient (Wildman–Crippen LogP) is 1.54.